The molecule has 1 aliphatic heterocycles. The standard InChI is InChI=1S/C15H17ClFN5OS/c16-13-7-12(17)2-1-11(13)8-21-3-5-22(6-4-21)9-14(23)19-15-20-18-10-24-15/h1-2,7,10H,3-6,8-9H2,(H,19,20,23)/p+2. The topological polar surface area (TPSA) is 63.8 Å². The number of aromatic nitrogens is 2. The summed E-state index contributed by atoms with van der Waals surface area (Å²) in [6.45, 7) is 4.95. The molecule has 9 heteroatoms. The fraction of sp³-hybridized carbons (Fsp3) is 0.400. The van der Waals surface area contributed by atoms with E-state index in [1.807, 2.05) is 0 Å². The second-order valence-corrected chi connectivity index (χ2v) is 7.12. The van der Waals surface area contributed by atoms with E-state index in [-0.39, 0.29) is 11.7 Å². The molecule has 1 fully saturated rings. The number of benzene rings is 1. The molecule has 1 aliphatic rings. The average Bonchev–Trinajstić information content (AvgIpc) is 3.04. The molecule has 1 amide bonds. The van der Waals surface area contributed by atoms with Crippen molar-refractivity contribution in [3.05, 3.63) is 40.1 Å². The molecule has 0 spiro atoms. The zero-order valence-corrected chi connectivity index (χ0v) is 14.6. The van der Waals surface area contributed by atoms with Gasteiger partial charge >= 0.3 is 0 Å². The first kappa shape index (κ1) is 17.2. The van der Waals surface area contributed by atoms with E-state index in [9.17, 15) is 9.18 Å². The summed E-state index contributed by atoms with van der Waals surface area (Å²) >= 11 is 7.40. The van der Waals surface area contributed by atoms with E-state index in [1.165, 1.54) is 33.3 Å². The van der Waals surface area contributed by atoms with Gasteiger partial charge in [-0.3, -0.25) is 10.1 Å². The van der Waals surface area contributed by atoms with Gasteiger partial charge < -0.3 is 9.80 Å². The number of rotatable bonds is 5. The molecular formula is C15H19ClFN5OS+2. The third kappa shape index (κ3) is 4.70. The minimum atomic E-state index is -0.311. The van der Waals surface area contributed by atoms with Crippen molar-refractivity contribution in [1.29, 1.82) is 0 Å². The zero-order chi connectivity index (χ0) is 16.9. The first-order valence-electron chi connectivity index (χ1n) is 7.77. The molecule has 0 unspecified atom stereocenters. The van der Waals surface area contributed by atoms with Crippen LogP contribution in [0.15, 0.2) is 23.7 Å². The minimum Gasteiger partial charge on any atom is -0.322 e. The maximum Gasteiger partial charge on any atom is 0.281 e. The molecule has 1 aromatic carbocycles. The number of halogens is 2. The molecule has 6 nitrogen and oxygen atoms in total. The normalized spacial score (nSPS) is 20.8. The van der Waals surface area contributed by atoms with Crippen molar-refractivity contribution < 1.29 is 19.0 Å². The molecule has 2 heterocycles. The van der Waals surface area contributed by atoms with Crippen molar-refractivity contribution >= 4 is 34.0 Å². The molecule has 0 atom stereocenters. The summed E-state index contributed by atoms with van der Waals surface area (Å²) in [4.78, 5) is 14.6. The zero-order valence-electron chi connectivity index (χ0n) is 13.0. The number of hydrogen-bond acceptors (Lipinski definition) is 4. The van der Waals surface area contributed by atoms with Crippen LogP contribution in [0.4, 0.5) is 9.52 Å². The van der Waals surface area contributed by atoms with Gasteiger partial charge in [0.15, 0.2) is 6.54 Å². The van der Waals surface area contributed by atoms with Crippen molar-refractivity contribution in [1.82, 2.24) is 10.2 Å². The van der Waals surface area contributed by atoms with Crippen LogP contribution in [0.3, 0.4) is 0 Å². The number of hydrogen-bond donors (Lipinski definition) is 3. The van der Waals surface area contributed by atoms with E-state index in [0.29, 0.717) is 16.7 Å². The third-order valence-electron chi connectivity index (χ3n) is 4.14. The minimum absolute atomic E-state index is 0.0354. The smallest absolute Gasteiger partial charge is 0.281 e. The monoisotopic (exact) mass is 371 g/mol. The Labute approximate surface area is 148 Å². The molecule has 1 aromatic heterocycles. The molecule has 24 heavy (non-hydrogen) atoms. The number of anilines is 1. The highest BCUT2D eigenvalue weighted by atomic mass is 35.5. The second-order valence-electron chi connectivity index (χ2n) is 5.88. The number of piperazine rings is 1. The Balaban J connectivity index is 1.44. The molecule has 128 valence electrons. The van der Waals surface area contributed by atoms with Crippen molar-refractivity contribution in [2.24, 2.45) is 0 Å². The molecule has 1 saturated heterocycles. The van der Waals surface area contributed by atoms with E-state index < -0.39 is 0 Å². The molecule has 2 aromatic rings. The second kappa shape index (κ2) is 7.98. The van der Waals surface area contributed by atoms with Crippen LogP contribution in [0.5, 0.6) is 0 Å². The Kier molecular flexibility index (Phi) is 5.72. The Hall–Kier alpha value is -1.61. The lowest BCUT2D eigenvalue weighted by atomic mass is 10.2. The number of amides is 1. The molecule has 3 rings (SSSR count). The highest BCUT2D eigenvalue weighted by Crippen LogP contribution is 2.16. The van der Waals surface area contributed by atoms with Crippen molar-refractivity contribution in [3.63, 3.8) is 0 Å². The van der Waals surface area contributed by atoms with Crippen LogP contribution in [0.25, 0.3) is 0 Å². The first-order chi connectivity index (χ1) is 11.6. The van der Waals surface area contributed by atoms with E-state index >= 15 is 0 Å². The SMILES string of the molecule is O=C(C[NH+]1CC[NH+](Cc2ccc(F)cc2Cl)CC1)Nc1nncs1. The third-order valence-corrected chi connectivity index (χ3v) is 5.10. The van der Waals surface area contributed by atoms with E-state index in [2.05, 4.69) is 15.5 Å². The summed E-state index contributed by atoms with van der Waals surface area (Å²) in [5.41, 5.74) is 2.55. The van der Waals surface area contributed by atoms with Gasteiger partial charge in [0.25, 0.3) is 5.91 Å². The van der Waals surface area contributed by atoms with Gasteiger partial charge in [0.2, 0.25) is 5.13 Å². The van der Waals surface area contributed by atoms with Gasteiger partial charge in [-0.15, -0.1) is 10.2 Å². The Morgan fingerprint density at radius 3 is 2.71 bits per heavy atom. The van der Waals surface area contributed by atoms with Crippen LogP contribution >= 0.6 is 22.9 Å². The fourth-order valence-corrected chi connectivity index (χ4v) is 3.56. The Bertz CT molecular complexity index is 691. The Morgan fingerprint density at radius 1 is 1.29 bits per heavy atom. The van der Waals surface area contributed by atoms with Gasteiger partial charge in [0.1, 0.15) is 44.1 Å². The van der Waals surface area contributed by atoms with Crippen molar-refractivity contribution in [3.8, 4) is 0 Å². The summed E-state index contributed by atoms with van der Waals surface area (Å²) in [7, 11) is 0. The van der Waals surface area contributed by atoms with Gasteiger partial charge in [-0.05, 0) is 18.2 Å². The molecule has 3 N–H and O–H groups in total. The molecule has 0 radical (unpaired) electrons. The number of nitrogens with one attached hydrogen (secondary N) is 3. The number of carbonyl (C=O) groups excluding carboxylic acids is 1. The van der Waals surface area contributed by atoms with Crippen LogP contribution < -0.4 is 15.1 Å². The number of quaternary nitrogens is 2. The number of nitrogens with zero attached hydrogens (tertiary/aromatic N) is 2. The molecular weight excluding hydrogens is 353 g/mol. The summed E-state index contributed by atoms with van der Waals surface area (Å²) in [5, 5.41) is 11.3. The van der Waals surface area contributed by atoms with Crippen LogP contribution in [0.1, 0.15) is 5.56 Å². The van der Waals surface area contributed by atoms with Gasteiger partial charge in [0, 0.05) is 5.56 Å². The van der Waals surface area contributed by atoms with Crippen molar-refractivity contribution in [2.75, 3.05) is 38.0 Å². The lowest BCUT2D eigenvalue weighted by Gasteiger charge is -2.29. The van der Waals surface area contributed by atoms with Crippen LogP contribution in [0.2, 0.25) is 5.02 Å². The van der Waals surface area contributed by atoms with Crippen LogP contribution in [0, 0.1) is 5.82 Å². The molecule has 0 aliphatic carbocycles. The summed E-state index contributed by atoms with van der Waals surface area (Å²) in [6.07, 6.45) is 0. The predicted molar refractivity (Wildman–Crippen MR) is 89.9 cm³/mol. The van der Waals surface area contributed by atoms with Gasteiger partial charge in [0.05, 0.1) is 5.02 Å². The summed E-state index contributed by atoms with van der Waals surface area (Å²) < 4.78 is 13.1. The van der Waals surface area contributed by atoms with Gasteiger partial charge in [-0.1, -0.05) is 22.9 Å². The molecule has 0 bridgehead atoms. The van der Waals surface area contributed by atoms with Crippen molar-refractivity contribution in [2.45, 2.75) is 6.54 Å². The Morgan fingerprint density at radius 2 is 2.04 bits per heavy atom. The highest BCUT2D eigenvalue weighted by Gasteiger charge is 2.25. The van der Waals surface area contributed by atoms with E-state index in [1.54, 1.807) is 11.6 Å². The highest BCUT2D eigenvalue weighted by molar-refractivity contribution is 7.13. The van der Waals surface area contributed by atoms with Crippen LogP contribution in [-0.4, -0.2) is 48.8 Å². The number of carbonyl (C=O) groups is 1. The van der Waals surface area contributed by atoms with E-state index in [4.69, 9.17) is 11.6 Å². The van der Waals surface area contributed by atoms with Gasteiger partial charge in [-0.25, -0.2) is 4.39 Å². The maximum absolute atomic E-state index is 13.1. The summed E-state index contributed by atoms with van der Waals surface area (Å²) in [6, 6.07) is 4.55. The quantitative estimate of drug-likeness (QED) is 0.648. The molecule has 0 saturated carbocycles. The average molecular weight is 372 g/mol. The lowest BCUT2D eigenvalue weighted by Crippen LogP contribution is -3.28. The lowest BCUT2D eigenvalue weighted by molar-refractivity contribution is -1.02. The van der Waals surface area contributed by atoms with Gasteiger partial charge in [-0.2, -0.15) is 0 Å². The summed E-state index contributed by atoms with van der Waals surface area (Å²) in [5.74, 6) is -0.346. The maximum atomic E-state index is 13.1. The first-order valence-corrected chi connectivity index (χ1v) is 9.03. The largest absolute Gasteiger partial charge is 0.322 e. The fourth-order valence-electron chi connectivity index (χ4n) is 2.86. The van der Waals surface area contributed by atoms with Crippen LogP contribution in [-0.2, 0) is 11.3 Å². The van der Waals surface area contributed by atoms with E-state index in [0.717, 1.165) is 38.3 Å². The predicted octanol–water partition coefficient (Wildman–Crippen LogP) is -0.747.